The molecule has 1 aliphatic rings. The summed E-state index contributed by atoms with van der Waals surface area (Å²) in [7, 11) is 3.57. The Morgan fingerprint density at radius 2 is 1.68 bits per heavy atom. The van der Waals surface area contributed by atoms with Crippen LogP contribution in [-0.2, 0) is 12.0 Å². The fourth-order valence-electron chi connectivity index (χ4n) is 3.35. The Labute approximate surface area is 118 Å². The largest absolute Gasteiger partial charge is 0.385 e. The van der Waals surface area contributed by atoms with Gasteiger partial charge in [0.1, 0.15) is 0 Å². The van der Waals surface area contributed by atoms with Gasteiger partial charge < -0.3 is 5.11 Å². The maximum absolute atomic E-state index is 10.9. The number of hydrogen-bond donors (Lipinski definition) is 1. The number of aryl methyl sites for hydroxylation is 1. The molecule has 0 heterocycles. The zero-order valence-corrected chi connectivity index (χ0v) is 12.2. The van der Waals surface area contributed by atoms with Crippen LogP contribution in [0.1, 0.15) is 36.8 Å². The third-order valence-corrected chi connectivity index (χ3v) is 4.59. The molecule has 1 N–H and O–H groups in total. The summed E-state index contributed by atoms with van der Waals surface area (Å²) in [5.74, 6) is 0. The first-order valence-corrected chi connectivity index (χ1v) is 7.83. The smallest absolute Gasteiger partial charge is 0.0902 e. The minimum Gasteiger partial charge on any atom is -0.385 e. The van der Waals surface area contributed by atoms with E-state index in [1.165, 1.54) is 16.3 Å². The van der Waals surface area contributed by atoms with Gasteiger partial charge in [0.2, 0.25) is 0 Å². The van der Waals surface area contributed by atoms with Gasteiger partial charge in [0, 0.05) is 10.2 Å². The van der Waals surface area contributed by atoms with Crippen LogP contribution >= 0.6 is 0 Å². The van der Waals surface area contributed by atoms with Gasteiger partial charge in [-0.1, -0.05) is 55.3 Å². The van der Waals surface area contributed by atoms with Crippen molar-refractivity contribution in [1.29, 1.82) is 0 Å². The second kappa shape index (κ2) is 5.10. The van der Waals surface area contributed by atoms with Gasteiger partial charge in [-0.25, -0.2) is 0 Å². The second-order valence-electron chi connectivity index (χ2n) is 5.56. The van der Waals surface area contributed by atoms with Crippen LogP contribution in [0.5, 0.6) is 0 Å². The van der Waals surface area contributed by atoms with Crippen molar-refractivity contribution >= 4 is 21.0 Å². The van der Waals surface area contributed by atoms with E-state index in [1.807, 2.05) is 0 Å². The van der Waals surface area contributed by atoms with E-state index in [4.69, 9.17) is 0 Å². The highest BCUT2D eigenvalue weighted by molar-refractivity contribution is 6.08. The van der Waals surface area contributed by atoms with Gasteiger partial charge in [0.25, 0.3) is 0 Å². The fraction of sp³-hybridized carbons (Fsp3) is 0.412. The van der Waals surface area contributed by atoms with Crippen molar-refractivity contribution in [3.8, 4) is 0 Å². The minimum absolute atomic E-state index is 0.605. The van der Waals surface area contributed by atoms with Crippen molar-refractivity contribution in [2.45, 2.75) is 43.7 Å². The number of hydrogen-bond acceptors (Lipinski definition) is 1. The maximum atomic E-state index is 10.9. The van der Waals surface area contributed by atoms with Crippen molar-refractivity contribution in [2.75, 3.05) is 0 Å². The van der Waals surface area contributed by atoms with E-state index in [9.17, 15) is 5.11 Å². The quantitative estimate of drug-likeness (QED) is 0.840. The summed E-state index contributed by atoms with van der Waals surface area (Å²) in [5.41, 5.74) is 1.88. The third-order valence-electron chi connectivity index (χ3n) is 4.34. The normalized spacial score (nSPS) is 18.0. The predicted octanol–water partition coefficient (Wildman–Crippen LogP) is 3.73. The van der Waals surface area contributed by atoms with E-state index < -0.39 is 5.60 Å². The van der Waals surface area contributed by atoms with E-state index in [-0.39, 0.29) is 0 Å². The highest BCUT2D eigenvalue weighted by Gasteiger charge is 2.34. The van der Waals surface area contributed by atoms with Gasteiger partial charge in [-0.3, -0.25) is 0 Å². The molecule has 0 aromatic heterocycles. The van der Waals surface area contributed by atoms with Crippen molar-refractivity contribution in [3.63, 3.8) is 0 Å². The van der Waals surface area contributed by atoms with E-state index in [0.717, 1.165) is 43.7 Å². The monoisotopic (exact) mass is 267 g/mol. The van der Waals surface area contributed by atoms with Crippen LogP contribution in [0.15, 0.2) is 36.4 Å². The van der Waals surface area contributed by atoms with Crippen molar-refractivity contribution < 1.29 is 5.11 Å². The molecule has 0 bridgehead atoms. The molecule has 1 saturated carbocycles. The molecule has 0 unspecified atom stereocenters. The first kappa shape index (κ1) is 12.9. The number of fused-ring (bicyclic) bond motifs is 1. The van der Waals surface area contributed by atoms with Gasteiger partial charge in [0.05, 0.1) is 5.60 Å². The van der Waals surface area contributed by atoms with Gasteiger partial charge in [0.15, 0.2) is 0 Å². The Hall–Kier alpha value is -1.12. The van der Waals surface area contributed by atoms with E-state index in [2.05, 4.69) is 46.6 Å². The molecule has 2 aromatic rings. The molecular formula is C17H19OSi. The Morgan fingerprint density at radius 3 is 2.37 bits per heavy atom. The van der Waals surface area contributed by atoms with Crippen LogP contribution in [0.25, 0.3) is 10.8 Å². The highest BCUT2D eigenvalue weighted by atomic mass is 28.1. The lowest BCUT2D eigenvalue weighted by atomic mass is 9.86. The Morgan fingerprint density at radius 1 is 1.00 bits per heavy atom. The fourth-order valence-corrected chi connectivity index (χ4v) is 3.62. The van der Waals surface area contributed by atoms with E-state index >= 15 is 0 Å². The van der Waals surface area contributed by atoms with Crippen LogP contribution in [-0.4, -0.2) is 15.3 Å². The summed E-state index contributed by atoms with van der Waals surface area (Å²) in [6.45, 7) is 0. The topological polar surface area (TPSA) is 20.2 Å². The summed E-state index contributed by atoms with van der Waals surface area (Å²) in [5, 5.41) is 13.4. The minimum atomic E-state index is -0.605. The summed E-state index contributed by atoms with van der Waals surface area (Å²) in [6.07, 6.45) is 5.08. The van der Waals surface area contributed by atoms with Crippen LogP contribution in [0.3, 0.4) is 0 Å². The molecule has 3 rings (SSSR count). The average molecular weight is 267 g/mol. The van der Waals surface area contributed by atoms with Crippen LogP contribution in [0.2, 0.25) is 6.04 Å². The van der Waals surface area contributed by atoms with Crippen molar-refractivity contribution in [2.24, 2.45) is 0 Å². The lowest BCUT2D eigenvalue weighted by molar-refractivity contribution is 0.0460. The summed E-state index contributed by atoms with van der Waals surface area (Å²) in [6, 6.07) is 13.8. The average Bonchev–Trinajstić information content (AvgIpc) is 2.87. The molecule has 3 radical (unpaired) electrons. The third kappa shape index (κ3) is 2.24. The molecule has 2 heteroatoms. The molecule has 0 spiro atoms. The first-order valence-electron chi connectivity index (χ1n) is 7.13. The highest BCUT2D eigenvalue weighted by Crippen LogP contribution is 2.42. The molecule has 1 aliphatic carbocycles. The van der Waals surface area contributed by atoms with Crippen molar-refractivity contribution in [1.82, 2.24) is 0 Å². The van der Waals surface area contributed by atoms with Crippen molar-refractivity contribution in [3.05, 3.63) is 47.5 Å². The molecule has 0 aliphatic heterocycles. The molecule has 0 saturated heterocycles. The van der Waals surface area contributed by atoms with Gasteiger partial charge in [-0.15, -0.1) is 0 Å². The van der Waals surface area contributed by atoms with Gasteiger partial charge in [-0.2, -0.15) is 0 Å². The molecule has 1 fully saturated rings. The Bertz CT molecular complexity index is 585. The molecule has 97 valence electrons. The van der Waals surface area contributed by atoms with Crippen LogP contribution < -0.4 is 0 Å². The lowest BCUT2D eigenvalue weighted by Gasteiger charge is -2.25. The SMILES string of the molecule is OC1(c2ccc(CC[Si])c3ccccc23)CCCC1. The number of aliphatic hydroxyl groups is 1. The zero-order chi connectivity index (χ0) is 13.3. The van der Waals surface area contributed by atoms with Crippen LogP contribution in [0, 0.1) is 0 Å². The molecule has 1 nitrogen and oxygen atoms in total. The standard InChI is InChI=1S/C17H19OSi/c18-17(10-3-4-11-17)16-8-7-13(9-12-19)14-5-1-2-6-15(14)16/h1-2,5-8,18H,3-4,9-12H2. The predicted molar refractivity (Wildman–Crippen MR) is 80.6 cm³/mol. The molecule has 0 amide bonds. The summed E-state index contributed by atoms with van der Waals surface area (Å²) in [4.78, 5) is 0. The molecule has 2 aromatic carbocycles. The maximum Gasteiger partial charge on any atom is 0.0902 e. The summed E-state index contributed by atoms with van der Waals surface area (Å²) < 4.78 is 0. The van der Waals surface area contributed by atoms with E-state index in [1.54, 1.807) is 0 Å². The molecule has 19 heavy (non-hydrogen) atoms. The Kier molecular flexibility index (Phi) is 3.46. The summed E-state index contributed by atoms with van der Waals surface area (Å²) >= 11 is 0. The van der Waals surface area contributed by atoms with E-state index in [0.29, 0.717) is 0 Å². The molecule has 0 atom stereocenters. The second-order valence-corrected chi connectivity index (χ2v) is 6.06. The first-order chi connectivity index (χ1) is 9.24. The number of benzene rings is 2. The zero-order valence-electron chi connectivity index (χ0n) is 11.2. The van der Waals surface area contributed by atoms with Crippen LogP contribution in [0.4, 0.5) is 0 Å². The Balaban J connectivity index is 2.19. The lowest BCUT2D eigenvalue weighted by Crippen LogP contribution is -2.21. The van der Waals surface area contributed by atoms with Gasteiger partial charge >= 0.3 is 0 Å². The number of rotatable bonds is 3. The van der Waals surface area contributed by atoms with Gasteiger partial charge in [-0.05, 0) is 41.2 Å². The molecular weight excluding hydrogens is 248 g/mol.